The van der Waals surface area contributed by atoms with Crippen LogP contribution in [0, 0.1) is 11.6 Å². The van der Waals surface area contributed by atoms with Crippen molar-refractivity contribution < 1.29 is 22.9 Å². The molecule has 0 radical (unpaired) electrons. The summed E-state index contributed by atoms with van der Waals surface area (Å²) >= 11 is 0. The topological polar surface area (TPSA) is 84.2 Å². The largest absolute Gasteiger partial charge is 0.356 e. The molecule has 0 aliphatic rings. The van der Waals surface area contributed by atoms with Crippen LogP contribution in [0.15, 0.2) is 53.1 Å². The maximum absolute atomic E-state index is 13.8. The summed E-state index contributed by atoms with van der Waals surface area (Å²) in [6, 6.07) is 11.0. The first-order chi connectivity index (χ1) is 12.9. The average Bonchev–Trinajstić information content (AvgIpc) is 3.08. The van der Waals surface area contributed by atoms with Gasteiger partial charge in [-0.25, -0.2) is 8.78 Å². The van der Waals surface area contributed by atoms with Crippen molar-refractivity contribution >= 4 is 17.5 Å². The number of nitrogens with one attached hydrogen (secondary N) is 2. The summed E-state index contributed by atoms with van der Waals surface area (Å²) in [6.45, 7) is 1.46. The third kappa shape index (κ3) is 4.55. The Hall–Kier alpha value is -3.55. The van der Waals surface area contributed by atoms with Crippen LogP contribution >= 0.6 is 0 Å². The summed E-state index contributed by atoms with van der Waals surface area (Å²) in [5, 5.41) is 9.04. The highest BCUT2D eigenvalue weighted by atomic mass is 19.1. The van der Waals surface area contributed by atoms with Crippen LogP contribution in [0.1, 0.15) is 23.0 Å². The Balaban J connectivity index is 1.62. The minimum Gasteiger partial charge on any atom is -0.356 e. The predicted octanol–water partition coefficient (Wildman–Crippen LogP) is 3.51. The lowest BCUT2D eigenvalue weighted by Gasteiger charge is -2.05. The SMILES string of the molecule is CC(=O)Nc1ccc(C(=O)NCc2cc(-c3ccc(F)cc3F)on2)cc1. The van der Waals surface area contributed by atoms with E-state index in [1.54, 1.807) is 24.3 Å². The average molecular weight is 371 g/mol. The Kier molecular flexibility index (Phi) is 5.25. The number of carbonyl (C=O) groups excluding carboxylic acids is 2. The van der Waals surface area contributed by atoms with E-state index >= 15 is 0 Å². The van der Waals surface area contributed by atoms with Crippen molar-refractivity contribution in [3.63, 3.8) is 0 Å². The molecule has 27 heavy (non-hydrogen) atoms. The highest BCUT2D eigenvalue weighted by molar-refractivity contribution is 5.95. The number of benzene rings is 2. The molecule has 3 rings (SSSR count). The van der Waals surface area contributed by atoms with Gasteiger partial charge in [0.1, 0.15) is 17.3 Å². The molecule has 0 unspecified atom stereocenters. The zero-order valence-corrected chi connectivity index (χ0v) is 14.3. The van der Waals surface area contributed by atoms with Gasteiger partial charge in [-0.1, -0.05) is 5.16 Å². The van der Waals surface area contributed by atoms with Crippen molar-refractivity contribution in [3.8, 4) is 11.3 Å². The summed E-state index contributed by atoms with van der Waals surface area (Å²) in [4.78, 5) is 23.1. The van der Waals surface area contributed by atoms with Crippen LogP contribution in [0.25, 0.3) is 11.3 Å². The normalized spacial score (nSPS) is 10.5. The smallest absolute Gasteiger partial charge is 0.251 e. The molecule has 2 N–H and O–H groups in total. The molecule has 6 nitrogen and oxygen atoms in total. The monoisotopic (exact) mass is 371 g/mol. The van der Waals surface area contributed by atoms with Gasteiger partial charge in [0.15, 0.2) is 5.76 Å². The van der Waals surface area contributed by atoms with E-state index in [9.17, 15) is 18.4 Å². The van der Waals surface area contributed by atoms with Crippen LogP contribution in [-0.2, 0) is 11.3 Å². The Bertz CT molecular complexity index is 984. The predicted molar refractivity (Wildman–Crippen MR) is 93.8 cm³/mol. The third-order valence-corrected chi connectivity index (χ3v) is 3.65. The van der Waals surface area contributed by atoms with E-state index in [-0.39, 0.29) is 29.7 Å². The summed E-state index contributed by atoms with van der Waals surface area (Å²) in [6.07, 6.45) is 0. The lowest BCUT2D eigenvalue weighted by molar-refractivity contribution is -0.114. The molecule has 1 heterocycles. The van der Waals surface area contributed by atoms with Gasteiger partial charge in [0.2, 0.25) is 5.91 Å². The van der Waals surface area contributed by atoms with Crippen molar-refractivity contribution in [2.24, 2.45) is 0 Å². The number of halogens is 2. The Morgan fingerprint density at radius 1 is 1.07 bits per heavy atom. The highest BCUT2D eigenvalue weighted by Gasteiger charge is 2.13. The highest BCUT2D eigenvalue weighted by Crippen LogP contribution is 2.24. The van der Waals surface area contributed by atoms with Crippen molar-refractivity contribution in [2.75, 3.05) is 5.32 Å². The fraction of sp³-hybridized carbons (Fsp3) is 0.105. The quantitative estimate of drug-likeness (QED) is 0.719. The molecule has 2 aromatic carbocycles. The molecular weight excluding hydrogens is 356 g/mol. The van der Waals surface area contributed by atoms with Crippen molar-refractivity contribution in [3.05, 3.63) is 71.4 Å². The molecule has 0 aliphatic heterocycles. The molecule has 1 aromatic heterocycles. The van der Waals surface area contributed by atoms with Gasteiger partial charge in [0, 0.05) is 30.3 Å². The lowest BCUT2D eigenvalue weighted by Crippen LogP contribution is -2.22. The summed E-state index contributed by atoms with van der Waals surface area (Å²) in [5.74, 6) is -1.86. The fourth-order valence-corrected chi connectivity index (χ4v) is 2.39. The molecule has 0 spiro atoms. The Morgan fingerprint density at radius 2 is 1.81 bits per heavy atom. The molecule has 138 valence electrons. The molecule has 8 heteroatoms. The van der Waals surface area contributed by atoms with E-state index in [0.717, 1.165) is 12.1 Å². The standard InChI is InChI=1S/C19H15F2N3O3/c1-11(25)23-14-5-2-12(3-6-14)19(26)22-10-15-9-18(27-24-15)16-7-4-13(20)8-17(16)21/h2-9H,10H2,1H3,(H,22,26)(H,23,25). The second-order valence-electron chi connectivity index (χ2n) is 5.75. The first-order valence-electron chi connectivity index (χ1n) is 7.99. The molecule has 0 bridgehead atoms. The third-order valence-electron chi connectivity index (χ3n) is 3.65. The molecule has 0 aliphatic carbocycles. The number of nitrogens with zero attached hydrogens (tertiary/aromatic N) is 1. The van der Waals surface area contributed by atoms with Crippen LogP contribution in [0.2, 0.25) is 0 Å². The number of amides is 2. The van der Waals surface area contributed by atoms with E-state index in [1.807, 2.05) is 0 Å². The van der Waals surface area contributed by atoms with Crippen LogP contribution in [0.5, 0.6) is 0 Å². The minimum absolute atomic E-state index is 0.0681. The first kappa shape index (κ1) is 18.2. The number of carbonyl (C=O) groups is 2. The zero-order chi connectivity index (χ0) is 19.4. The molecule has 0 fully saturated rings. The van der Waals surface area contributed by atoms with Gasteiger partial charge in [-0.2, -0.15) is 0 Å². The van der Waals surface area contributed by atoms with E-state index in [4.69, 9.17) is 4.52 Å². The number of aromatic nitrogens is 1. The Morgan fingerprint density at radius 3 is 2.48 bits per heavy atom. The fourth-order valence-electron chi connectivity index (χ4n) is 2.39. The Labute approximate surface area is 153 Å². The van der Waals surface area contributed by atoms with Gasteiger partial charge in [-0.3, -0.25) is 9.59 Å². The maximum Gasteiger partial charge on any atom is 0.251 e. The number of rotatable bonds is 5. The number of hydrogen-bond donors (Lipinski definition) is 2. The van der Waals surface area contributed by atoms with Gasteiger partial charge < -0.3 is 15.2 Å². The second kappa shape index (κ2) is 7.77. The van der Waals surface area contributed by atoms with Gasteiger partial charge in [-0.05, 0) is 36.4 Å². The van der Waals surface area contributed by atoms with Gasteiger partial charge in [0.05, 0.1) is 12.1 Å². The molecule has 2 amide bonds. The molecular formula is C19H15F2N3O3. The van der Waals surface area contributed by atoms with Crippen LogP contribution in [0.3, 0.4) is 0 Å². The van der Waals surface area contributed by atoms with Gasteiger partial charge >= 0.3 is 0 Å². The van der Waals surface area contributed by atoms with Crippen LogP contribution in [-0.4, -0.2) is 17.0 Å². The molecule has 3 aromatic rings. The number of hydrogen-bond acceptors (Lipinski definition) is 4. The second-order valence-corrected chi connectivity index (χ2v) is 5.75. The van der Waals surface area contributed by atoms with Crippen LogP contribution < -0.4 is 10.6 Å². The maximum atomic E-state index is 13.8. The van der Waals surface area contributed by atoms with Gasteiger partial charge in [0.25, 0.3) is 5.91 Å². The van der Waals surface area contributed by atoms with Gasteiger partial charge in [-0.15, -0.1) is 0 Å². The van der Waals surface area contributed by atoms with Crippen molar-refractivity contribution in [1.29, 1.82) is 0 Å². The van der Waals surface area contributed by atoms with E-state index < -0.39 is 11.6 Å². The van der Waals surface area contributed by atoms with Crippen LogP contribution in [0.4, 0.5) is 14.5 Å². The molecule has 0 saturated carbocycles. The summed E-state index contributed by atoms with van der Waals surface area (Å²) < 4.78 is 31.8. The lowest BCUT2D eigenvalue weighted by atomic mass is 10.1. The number of anilines is 1. The summed E-state index contributed by atoms with van der Waals surface area (Å²) in [5.41, 5.74) is 1.45. The van der Waals surface area contributed by atoms with E-state index in [2.05, 4.69) is 15.8 Å². The summed E-state index contributed by atoms with van der Waals surface area (Å²) in [7, 11) is 0. The molecule has 0 atom stereocenters. The molecule has 0 saturated heterocycles. The zero-order valence-electron chi connectivity index (χ0n) is 14.3. The minimum atomic E-state index is -0.763. The first-order valence-corrected chi connectivity index (χ1v) is 7.99. The van der Waals surface area contributed by atoms with E-state index in [1.165, 1.54) is 19.1 Å². The van der Waals surface area contributed by atoms with Crippen molar-refractivity contribution in [2.45, 2.75) is 13.5 Å². The van der Waals surface area contributed by atoms with E-state index in [0.29, 0.717) is 16.9 Å². The van der Waals surface area contributed by atoms with Crippen molar-refractivity contribution in [1.82, 2.24) is 10.5 Å².